The van der Waals surface area contributed by atoms with Gasteiger partial charge < -0.3 is 9.88 Å². The number of imidazole rings is 1. The van der Waals surface area contributed by atoms with Crippen LogP contribution < -0.4 is 5.32 Å². The van der Waals surface area contributed by atoms with Crippen molar-refractivity contribution >= 4 is 33.2 Å². The van der Waals surface area contributed by atoms with Crippen LogP contribution in [0, 0.1) is 0 Å². The van der Waals surface area contributed by atoms with Gasteiger partial charge in [-0.3, -0.25) is 4.79 Å². The van der Waals surface area contributed by atoms with Crippen LogP contribution in [-0.2, 0) is 14.8 Å². The summed E-state index contributed by atoms with van der Waals surface area (Å²) in [6, 6.07) is 12.5. The van der Waals surface area contributed by atoms with E-state index in [1.54, 1.807) is 59.7 Å². The Morgan fingerprint density at radius 3 is 2.66 bits per heavy atom. The van der Waals surface area contributed by atoms with Crippen LogP contribution in [-0.4, -0.2) is 40.8 Å². The highest BCUT2D eigenvalue weighted by molar-refractivity contribution is 7.89. The lowest BCUT2D eigenvalue weighted by Crippen LogP contribution is -2.43. The van der Waals surface area contributed by atoms with Crippen LogP contribution in [0.5, 0.6) is 0 Å². The lowest BCUT2D eigenvalue weighted by atomic mass is 10.2. The number of halogens is 1. The molecule has 3 aromatic rings. The monoisotopic (exact) mass is 430 g/mol. The van der Waals surface area contributed by atoms with Crippen LogP contribution in [0.25, 0.3) is 5.69 Å². The van der Waals surface area contributed by atoms with Crippen molar-refractivity contribution in [1.29, 1.82) is 0 Å². The predicted octanol–water partition coefficient (Wildman–Crippen LogP) is 3.32. The summed E-state index contributed by atoms with van der Waals surface area (Å²) in [7, 11) is -3.73. The summed E-state index contributed by atoms with van der Waals surface area (Å²) >= 11 is 6.34. The molecule has 9 heteroatoms. The zero-order valence-corrected chi connectivity index (χ0v) is 17.0. The van der Waals surface area contributed by atoms with Crippen LogP contribution in [0.2, 0.25) is 5.02 Å². The van der Waals surface area contributed by atoms with Gasteiger partial charge in [0.15, 0.2) is 0 Å². The zero-order valence-electron chi connectivity index (χ0n) is 15.4. The molecule has 1 saturated heterocycles. The number of nitrogens with zero attached hydrogens (tertiary/aromatic N) is 3. The Hall–Kier alpha value is -2.68. The Morgan fingerprint density at radius 1 is 1.17 bits per heavy atom. The summed E-state index contributed by atoms with van der Waals surface area (Å²) in [6.45, 7) is 0.315. The first-order chi connectivity index (χ1) is 14.0. The highest BCUT2D eigenvalue weighted by atomic mass is 35.5. The van der Waals surface area contributed by atoms with E-state index in [1.165, 1.54) is 16.4 Å². The summed E-state index contributed by atoms with van der Waals surface area (Å²) in [5.41, 5.74) is 1.24. The fourth-order valence-electron chi connectivity index (χ4n) is 3.44. The SMILES string of the molecule is O=C(Nc1ccc(-n2ccnc2)c(Cl)c1)C1CCCN1S(=O)(=O)c1ccccc1. The molecule has 0 radical (unpaired) electrons. The summed E-state index contributed by atoms with van der Waals surface area (Å²) in [5, 5.41) is 3.24. The Morgan fingerprint density at radius 2 is 1.97 bits per heavy atom. The molecule has 1 aromatic heterocycles. The number of hydrogen-bond donors (Lipinski definition) is 1. The Labute approximate surface area is 174 Å². The minimum Gasteiger partial charge on any atom is -0.325 e. The summed E-state index contributed by atoms with van der Waals surface area (Å²) in [4.78, 5) is 17.0. The molecular weight excluding hydrogens is 412 g/mol. The Balaban J connectivity index is 1.53. The molecule has 1 aliphatic heterocycles. The van der Waals surface area contributed by atoms with Gasteiger partial charge in [0.05, 0.1) is 21.9 Å². The second-order valence-corrected chi connectivity index (χ2v) is 9.01. The smallest absolute Gasteiger partial charge is 0.243 e. The molecule has 0 spiro atoms. The molecule has 7 nitrogen and oxygen atoms in total. The molecule has 1 aliphatic rings. The number of carbonyl (C=O) groups is 1. The molecule has 0 bridgehead atoms. The second kappa shape index (κ2) is 7.98. The Bertz CT molecular complexity index is 1120. The van der Waals surface area contributed by atoms with Gasteiger partial charge in [0.25, 0.3) is 0 Å². The van der Waals surface area contributed by atoms with E-state index in [4.69, 9.17) is 11.6 Å². The van der Waals surface area contributed by atoms with Crippen molar-refractivity contribution in [2.45, 2.75) is 23.8 Å². The molecule has 2 heterocycles. The molecular formula is C20H19ClN4O3S. The quantitative estimate of drug-likeness (QED) is 0.673. The van der Waals surface area contributed by atoms with E-state index < -0.39 is 16.1 Å². The molecule has 29 heavy (non-hydrogen) atoms. The molecule has 2 aromatic carbocycles. The predicted molar refractivity (Wildman–Crippen MR) is 111 cm³/mol. The van der Waals surface area contributed by atoms with E-state index in [-0.39, 0.29) is 10.8 Å². The fourth-order valence-corrected chi connectivity index (χ4v) is 5.39. The molecule has 4 rings (SSSR count). The van der Waals surface area contributed by atoms with Gasteiger partial charge in [-0.15, -0.1) is 0 Å². The van der Waals surface area contributed by atoms with Crippen LogP contribution in [0.15, 0.2) is 72.1 Å². The maximum atomic E-state index is 12.9. The van der Waals surface area contributed by atoms with Crippen molar-refractivity contribution in [3.63, 3.8) is 0 Å². The van der Waals surface area contributed by atoms with Gasteiger partial charge in [-0.2, -0.15) is 4.31 Å². The van der Waals surface area contributed by atoms with Gasteiger partial charge in [0, 0.05) is 24.6 Å². The first-order valence-corrected chi connectivity index (χ1v) is 10.9. The number of anilines is 1. The van der Waals surface area contributed by atoms with Gasteiger partial charge >= 0.3 is 0 Å². The number of amides is 1. The normalized spacial score (nSPS) is 17.3. The third-order valence-corrected chi connectivity index (χ3v) is 7.08. The van der Waals surface area contributed by atoms with Gasteiger partial charge in [0.1, 0.15) is 6.04 Å². The molecule has 150 valence electrons. The first kappa shape index (κ1) is 19.6. The first-order valence-electron chi connectivity index (χ1n) is 9.12. The van der Waals surface area contributed by atoms with Crippen LogP contribution in [0.1, 0.15) is 12.8 Å². The maximum Gasteiger partial charge on any atom is 0.243 e. The number of hydrogen-bond acceptors (Lipinski definition) is 4. The lowest BCUT2D eigenvalue weighted by molar-refractivity contribution is -0.119. The van der Waals surface area contributed by atoms with Crippen molar-refractivity contribution in [3.8, 4) is 5.69 Å². The van der Waals surface area contributed by atoms with Crippen molar-refractivity contribution in [2.75, 3.05) is 11.9 Å². The van der Waals surface area contributed by atoms with Crippen molar-refractivity contribution in [2.24, 2.45) is 0 Å². The highest BCUT2D eigenvalue weighted by Gasteiger charge is 2.39. The summed E-state index contributed by atoms with van der Waals surface area (Å²) < 4.78 is 28.9. The van der Waals surface area contributed by atoms with Gasteiger partial charge in [-0.1, -0.05) is 29.8 Å². The minimum absolute atomic E-state index is 0.187. The van der Waals surface area contributed by atoms with E-state index >= 15 is 0 Å². The van der Waals surface area contributed by atoms with E-state index in [2.05, 4.69) is 10.3 Å². The molecule has 1 atom stereocenters. The van der Waals surface area contributed by atoms with Gasteiger partial charge in [0.2, 0.25) is 15.9 Å². The zero-order chi connectivity index (χ0) is 20.4. The average molecular weight is 431 g/mol. The van der Waals surface area contributed by atoms with Gasteiger partial charge in [-0.25, -0.2) is 13.4 Å². The molecule has 0 saturated carbocycles. The number of sulfonamides is 1. The van der Waals surface area contributed by atoms with E-state index in [1.807, 2.05) is 0 Å². The van der Waals surface area contributed by atoms with Gasteiger partial charge in [-0.05, 0) is 43.2 Å². The highest BCUT2D eigenvalue weighted by Crippen LogP contribution is 2.28. The summed E-state index contributed by atoms with van der Waals surface area (Å²) in [5.74, 6) is -0.367. The third-order valence-electron chi connectivity index (χ3n) is 4.85. The average Bonchev–Trinajstić information content (AvgIpc) is 3.41. The van der Waals surface area contributed by atoms with E-state index in [0.717, 1.165) is 5.69 Å². The molecule has 1 fully saturated rings. The van der Waals surface area contributed by atoms with Crippen LogP contribution >= 0.6 is 11.6 Å². The fraction of sp³-hybridized carbons (Fsp3) is 0.200. The molecule has 1 N–H and O–H groups in total. The van der Waals surface area contributed by atoms with E-state index in [9.17, 15) is 13.2 Å². The number of benzene rings is 2. The largest absolute Gasteiger partial charge is 0.325 e. The minimum atomic E-state index is -3.73. The standard InChI is InChI=1S/C20H19ClN4O3S/c21-17-13-15(8-9-18(17)24-12-10-22-14-24)23-20(26)19-7-4-11-25(19)29(27,28)16-5-2-1-3-6-16/h1-3,5-6,8-10,12-14,19H,4,7,11H2,(H,23,26). The number of aromatic nitrogens is 2. The van der Waals surface area contributed by atoms with Crippen molar-refractivity contribution < 1.29 is 13.2 Å². The van der Waals surface area contributed by atoms with E-state index in [0.29, 0.717) is 30.1 Å². The van der Waals surface area contributed by atoms with Crippen LogP contribution in [0.4, 0.5) is 5.69 Å². The topological polar surface area (TPSA) is 84.3 Å². The van der Waals surface area contributed by atoms with Crippen molar-refractivity contribution in [3.05, 3.63) is 72.3 Å². The number of nitrogens with one attached hydrogen (secondary N) is 1. The number of carbonyl (C=O) groups excluding carboxylic acids is 1. The molecule has 1 unspecified atom stereocenters. The molecule has 0 aliphatic carbocycles. The summed E-state index contributed by atoms with van der Waals surface area (Å²) in [6.07, 6.45) is 6.14. The lowest BCUT2D eigenvalue weighted by Gasteiger charge is -2.23. The maximum absolute atomic E-state index is 12.9. The third kappa shape index (κ3) is 3.91. The van der Waals surface area contributed by atoms with Crippen LogP contribution in [0.3, 0.4) is 0 Å². The molecule has 1 amide bonds. The van der Waals surface area contributed by atoms with Crippen molar-refractivity contribution in [1.82, 2.24) is 13.9 Å². The number of rotatable bonds is 5. The Kier molecular flexibility index (Phi) is 5.40. The second-order valence-electron chi connectivity index (χ2n) is 6.71.